The number of thioether (sulfide) groups is 1. The number of carbonyl (C=O) groups excluding carboxylic acids is 1. The minimum Gasteiger partial charge on any atom is -0.325 e. The van der Waals surface area contributed by atoms with E-state index in [9.17, 15) is 9.59 Å². The number of hydrogen-bond donors (Lipinski definition) is 2. The van der Waals surface area contributed by atoms with Crippen molar-refractivity contribution >= 4 is 56.5 Å². The average Bonchev–Trinajstić information content (AvgIpc) is 3.24. The highest BCUT2D eigenvalue weighted by Crippen LogP contribution is 2.34. The fraction of sp³-hybridized carbons (Fsp3) is 0.240. The zero-order chi connectivity index (χ0) is 22.9. The number of nitrogens with zero attached hydrogens (tertiary/aromatic N) is 1. The van der Waals surface area contributed by atoms with Gasteiger partial charge in [0.2, 0.25) is 5.91 Å². The lowest BCUT2D eigenvalue weighted by atomic mass is 9.89. The Morgan fingerprint density at radius 2 is 2.00 bits per heavy atom. The van der Waals surface area contributed by atoms with Gasteiger partial charge in [0.15, 0.2) is 5.16 Å². The standard InChI is InChI=1S/C25H22ClN3O2S2/c1-14-10-18(26)8-9-20(14)27-21(30)13-33-25-28-23(31)22-19(12-32-24(22)29-25)17-7-6-15-4-2-3-5-16(15)11-17/h6-12H,2-5,13H2,1H3,(H,27,30)(H,28,29,31). The highest BCUT2D eigenvalue weighted by molar-refractivity contribution is 7.99. The third kappa shape index (κ3) is 4.71. The van der Waals surface area contributed by atoms with Crippen LogP contribution in [0.4, 0.5) is 5.69 Å². The zero-order valence-corrected chi connectivity index (χ0v) is 20.4. The molecule has 168 valence electrons. The van der Waals surface area contributed by atoms with Crippen molar-refractivity contribution in [1.29, 1.82) is 0 Å². The molecule has 1 aliphatic rings. The van der Waals surface area contributed by atoms with Gasteiger partial charge in [0.05, 0.1) is 11.1 Å². The molecule has 0 radical (unpaired) electrons. The molecule has 0 aliphatic heterocycles. The fourth-order valence-corrected chi connectivity index (χ4v) is 6.09. The van der Waals surface area contributed by atoms with Crippen LogP contribution in [0.1, 0.15) is 29.5 Å². The van der Waals surface area contributed by atoms with Gasteiger partial charge in [-0.15, -0.1) is 11.3 Å². The van der Waals surface area contributed by atoms with E-state index in [0.717, 1.165) is 35.2 Å². The molecule has 0 bridgehead atoms. The monoisotopic (exact) mass is 495 g/mol. The lowest BCUT2D eigenvalue weighted by Crippen LogP contribution is -2.16. The summed E-state index contributed by atoms with van der Waals surface area (Å²) in [6, 6.07) is 11.8. The third-order valence-corrected chi connectivity index (χ3v) is 7.86. The molecule has 0 fully saturated rings. The van der Waals surface area contributed by atoms with Gasteiger partial charge in [-0.1, -0.05) is 41.6 Å². The Hall–Kier alpha value is -2.61. The molecular weight excluding hydrogens is 474 g/mol. The van der Waals surface area contributed by atoms with Crippen LogP contribution in [0.3, 0.4) is 0 Å². The molecule has 0 atom stereocenters. The maximum Gasteiger partial charge on any atom is 0.260 e. The second-order valence-electron chi connectivity index (χ2n) is 8.19. The van der Waals surface area contributed by atoms with Crippen molar-refractivity contribution in [2.24, 2.45) is 0 Å². The number of nitrogens with one attached hydrogen (secondary N) is 2. The van der Waals surface area contributed by atoms with E-state index >= 15 is 0 Å². The molecule has 1 aliphatic carbocycles. The molecule has 4 aromatic rings. The Bertz CT molecular complexity index is 1430. The van der Waals surface area contributed by atoms with Gasteiger partial charge in [-0.25, -0.2) is 4.98 Å². The van der Waals surface area contributed by atoms with Crippen LogP contribution in [-0.2, 0) is 17.6 Å². The molecule has 0 spiro atoms. The number of aryl methyl sites for hydroxylation is 3. The van der Waals surface area contributed by atoms with Gasteiger partial charge in [0.1, 0.15) is 4.83 Å². The summed E-state index contributed by atoms with van der Waals surface area (Å²) in [5, 5.41) is 6.55. The van der Waals surface area contributed by atoms with Gasteiger partial charge in [0, 0.05) is 21.7 Å². The number of benzene rings is 2. The maximum atomic E-state index is 12.9. The molecule has 2 N–H and O–H groups in total. The number of halogens is 1. The van der Waals surface area contributed by atoms with E-state index in [1.807, 2.05) is 12.3 Å². The van der Waals surface area contributed by atoms with Gasteiger partial charge < -0.3 is 10.3 Å². The van der Waals surface area contributed by atoms with Crippen LogP contribution < -0.4 is 10.9 Å². The topological polar surface area (TPSA) is 74.8 Å². The molecule has 0 unspecified atom stereocenters. The van der Waals surface area contributed by atoms with E-state index < -0.39 is 0 Å². The lowest BCUT2D eigenvalue weighted by molar-refractivity contribution is -0.113. The quantitative estimate of drug-likeness (QED) is 0.254. The smallest absolute Gasteiger partial charge is 0.260 e. The van der Waals surface area contributed by atoms with Crippen molar-refractivity contribution < 1.29 is 4.79 Å². The number of hydrogen-bond acceptors (Lipinski definition) is 5. The SMILES string of the molecule is Cc1cc(Cl)ccc1NC(=O)CSc1nc2scc(-c3ccc4c(c3)CCCC4)c2c(=O)[nH]1. The minimum absolute atomic E-state index is 0.138. The van der Waals surface area contributed by atoms with Crippen LogP contribution in [0.2, 0.25) is 5.02 Å². The van der Waals surface area contributed by atoms with Crippen LogP contribution in [0.5, 0.6) is 0 Å². The van der Waals surface area contributed by atoms with Crippen molar-refractivity contribution in [1.82, 2.24) is 9.97 Å². The van der Waals surface area contributed by atoms with Gasteiger partial charge in [-0.2, -0.15) is 0 Å². The predicted molar refractivity (Wildman–Crippen MR) is 138 cm³/mol. The molecule has 2 heterocycles. The number of H-pyrrole nitrogens is 1. The van der Waals surface area contributed by atoms with E-state index in [4.69, 9.17) is 11.6 Å². The minimum atomic E-state index is -0.176. The number of fused-ring (bicyclic) bond motifs is 2. The Morgan fingerprint density at radius 3 is 2.82 bits per heavy atom. The second kappa shape index (κ2) is 9.33. The number of amides is 1. The first-order valence-corrected chi connectivity index (χ1v) is 13.0. The molecule has 5 rings (SSSR count). The first kappa shape index (κ1) is 22.2. The van der Waals surface area contributed by atoms with Crippen molar-refractivity contribution in [2.75, 3.05) is 11.1 Å². The number of aromatic nitrogens is 2. The summed E-state index contributed by atoms with van der Waals surface area (Å²) in [4.78, 5) is 33.5. The largest absolute Gasteiger partial charge is 0.325 e. The number of carbonyl (C=O) groups is 1. The molecule has 0 saturated heterocycles. The van der Waals surface area contributed by atoms with Crippen LogP contribution in [0, 0.1) is 6.92 Å². The Labute approximate surface area is 204 Å². The van der Waals surface area contributed by atoms with E-state index in [1.165, 1.54) is 47.1 Å². The number of aromatic amines is 1. The molecule has 2 aromatic carbocycles. The van der Waals surface area contributed by atoms with Gasteiger partial charge >= 0.3 is 0 Å². The highest BCUT2D eigenvalue weighted by Gasteiger charge is 2.16. The molecule has 1 amide bonds. The fourth-order valence-electron chi connectivity index (χ4n) is 4.20. The zero-order valence-electron chi connectivity index (χ0n) is 18.0. The van der Waals surface area contributed by atoms with Gasteiger partial charge in [-0.3, -0.25) is 9.59 Å². The molecular formula is C25H22ClN3O2S2. The Balaban J connectivity index is 1.34. The average molecular weight is 496 g/mol. The van der Waals surface area contributed by atoms with E-state index in [1.54, 1.807) is 18.2 Å². The van der Waals surface area contributed by atoms with Crippen LogP contribution >= 0.6 is 34.7 Å². The summed E-state index contributed by atoms with van der Waals surface area (Å²) < 4.78 is 0. The van der Waals surface area contributed by atoms with Crippen molar-refractivity contribution in [3.63, 3.8) is 0 Å². The molecule has 0 saturated carbocycles. The molecule has 33 heavy (non-hydrogen) atoms. The third-order valence-electron chi connectivity index (χ3n) is 5.88. The summed E-state index contributed by atoms with van der Waals surface area (Å²) in [5.74, 6) is -0.0337. The van der Waals surface area contributed by atoms with Crippen LogP contribution in [-0.4, -0.2) is 21.6 Å². The molecule has 2 aromatic heterocycles. The predicted octanol–water partition coefficient (Wildman–Crippen LogP) is 6.22. The Kier molecular flexibility index (Phi) is 6.27. The normalized spacial score (nSPS) is 13.2. The number of rotatable bonds is 5. The van der Waals surface area contributed by atoms with E-state index in [0.29, 0.717) is 20.4 Å². The second-order valence-corrected chi connectivity index (χ2v) is 10.4. The summed E-state index contributed by atoms with van der Waals surface area (Å²) >= 11 is 8.64. The summed E-state index contributed by atoms with van der Waals surface area (Å²) in [6.45, 7) is 1.89. The van der Waals surface area contributed by atoms with Crippen molar-refractivity contribution in [3.05, 3.63) is 73.8 Å². The van der Waals surface area contributed by atoms with Crippen LogP contribution in [0.15, 0.2) is 51.7 Å². The molecule has 8 heteroatoms. The van der Waals surface area contributed by atoms with Crippen molar-refractivity contribution in [2.45, 2.75) is 37.8 Å². The van der Waals surface area contributed by atoms with Gasteiger partial charge in [0.25, 0.3) is 5.56 Å². The Morgan fingerprint density at radius 1 is 1.18 bits per heavy atom. The van der Waals surface area contributed by atoms with Gasteiger partial charge in [-0.05, 0) is 73.1 Å². The first-order chi connectivity index (χ1) is 16.0. The first-order valence-electron chi connectivity index (χ1n) is 10.8. The molecule has 5 nitrogen and oxygen atoms in total. The highest BCUT2D eigenvalue weighted by atomic mass is 35.5. The lowest BCUT2D eigenvalue weighted by Gasteiger charge is -2.16. The summed E-state index contributed by atoms with van der Waals surface area (Å²) in [7, 11) is 0. The summed E-state index contributed by atoms with van der Waals surface area (Å²) in [6.07, 6.45) is 4.69. The summed E-state index contributed by atoms with van der Waals surface area (Å²) in [5.41, 5.74) is 6.22. The number of thiophene rings is 1. The number of anilines is 1. The van der Waals surface area contributed by atoms with E-state index in [2.05, 4.69) is 33.5 Å². The maximum absolute atomic E-state index is 12.9. The van der Waals surface area contributed by atoms with E-state index in [-0.39, 0.29) is 17.2 Å². The van der Waals surface area contributed by atoms with Crippen LogP contribution in [0.25, 0.3) is 21.3 Å². The van der Waals surface area contributed by atoms with Crippen molar-refractivity contribution in [3.8, 4) is 11.1 Å².